The Labute approximate surface area is 219 Å². The van der Waals surface area contributed by atoms with Crippen LogP contribution in [0.25, 0.3) is 5.69 Å². The molecule has 1 saturated heterocycles. The molecule has 2 aromatic heterocycles. The van der Waals surface area contributed by atoms with Crippen molar-refractivity contribution in [1.82, 2.24) is 14.9 Å². The first-order valence-electron chi connectivity index (χ1n) is 11.8. The molecule has 4 aromatic rings. The number of aromatic nitrogens is 2. The van der Waals surface area contributed by atoms with Gasteiger partial charge in [-0.15, -0.1) is 0 Å². The highest BCUT2D eigenvalue weighted by atomic mass is 32.1. The molecule has 0 spiro atoms. The molecule has 0 aliphatic carbocycles. The number of carbonyl (C=O) groups excluding carboxylic acids is 1. The number of rotatable bonds is 7. The lowest BCUT2D eigenvalue weighted by atomic mass is 10.00. The number of benzene rings is 2. The minimum Gasteiger partial charge on any atom is -0.375 e. The van der Waals surface area contributed by atoms with Gasteiger partial charge in [0.15, 0.2) is 5.11 Å². The number of thiocarbonyl (C=S) groups is 1. The Morgan fingerprint density at radius 1 is 1.11 bits per heavy atom. The van der Waals surface area contributed by atoms with Crippen LogP contribution in [0.2, 0.25) is 0 Å². The van der Waals surface area contributed by atoms with E-state index >= 15 is 0 Å². The summed E-state index contributed by atoms with van der Waals surface area (Å²) in [5.41, 5.74) is 5.12. The third kappa shape index (κ3) is 4.96. The maximum Gasteiger partial charge on any atom is 0.250 e. The summed E-state index contributed by atoms with van der Waals surface area (Å²) >= 11 is 5.85. The molecule has 37 heavy (non-hydrogen) atoms. The van der Waals surface area contributed by atoms with E-state index in [9.17, 15) is 9.18 Å². The maximum atomic E-state index is 13.7. The zero-order valence-corrected chi connectivity index (χ0v) is 21.2. The molecule has 0 unspecified atom stereocenters. The predicted octanol–water partition coefficient (Wildman–Crippen LogP) is 5.08. The number of amides is 1. The standard InChI is InChI=1S/C28H26FN5O2S/c1-18-16-21(12-13-22(18)31-25(35)17-36-2)34-27(26(32-28(34)37)23-6-3-4-14-30-23)24-7-5-15-33(24)20-10-8-19(29)9-11-20/h3-16,26-27H,17H2,1-2H3,(H,31,35)(H,32,37)/t26-,27+/m1/s1. The molecular weight excluding hydrogens is 489 g/mol. The highest BCUT2D eigenvalue weighted by Crippen LogP contribution is 2.42. The summed E-state index contributed by atoms with van der Waals surface area (Å²) in [6.45, 7) is 1.92. The quantitative estimate of drug-likeness (QED) is 0.335. The van der Waals surface area contributed by atoms with Gasteiger partial charge >= 0.3 is 0 Å². The number of nitrogens with one attached hydrogen (secondary N) is 2. The number of halogens is 1. The zero-order valence-electron chi connectivity index (χ0n) is 20.4. The Hall–Kier alpha value is -4.08. The summed E-state index contributed by atoms with van der Waals surface area (Å²) in [6, 6.07) is 21.5. The van der Waals surface area contributed by atoms with E-state index in [1.807, 2.05) is 66.2 Å². The smallest absolute Gasteiger partial charge is 0.250 e. The molecule has 7 nitrogen and oxygen atoms in total. The van der Waals surface area contributed by atoms with E-state index in [0.29, 0.717) is 10.8 Å². The molecule has 1 aliphatic heterocycles. The molecule has 3 heterocycles. The third-order valence-corrected chi connectivity index (χ3v) is 6.64. The maximum absolute atomic E-state index is 13.7. The van der Waals surface area contributed by atoms with Crippen molar-refractivity contribution >= 4 is 34.6 Å². The van der Waals surface area contributed by atoms with Crippen molar-refractivity contribution in [2.45, 2.75) is 19.0 Å². The fourth-order valence-electron chi connectivity index (χ4n) is 4.66. The molecule has 0 radical (unpaired) electrons. The molecule has 0 bridgehead atoms. The fourth-order valence-corrected chi connectivity index (χ4v) is 5.01. The van der Waals surface area contributed by atoms with Gasteiger partial charge < -0.3 is 24.8 Å². The second kappa shape index (κ2) is 10.5. The fraction of sp³-hybridized carbons (Fsp3) is 0.179. The number of hydrogen-bond donors (Lipinski definition) is 2. The van der Waals surface area contributed by atoms with E-state index in [1.54, 1.807) is 18.3 Å². The lowest BCUT2D eigenvalue weighted by Crippen LogP contribution is -2.30. The first-order valence-corrected chi connectivity index (χ1v) is 12.2. The van der Waals surface area contributed by atoms with Gasteiger partial charge in [-0.3, -0.25) is 9.78 Å². The van der Waals surface area contributed by atoms with Gasteiger partial charge in [-0.2, -0.15) is 0 Å². The first kappa shape index (κ1) is 24.6. The normalized spacial score (nSPS) is 17.1. The van der Waals surface area contributed by atoms with E-state index in [1.165, 1.54) is 19.2 Å². The second-order valence-electron chi connectivity index (χ2n) is 8.76. The van der Waals surface area contributed by atoms with E-state index in [4.69, 9.17) is 17.0 Å². The Balaban J connectivity index is 1.58. The van der Waals surface area contributed by atoms with E-state index in [-0.39, 0.29) is 30.4 Å². The number of nitrogens with zero attached hydrogens (tertiary/aromatic N) is 3. The highest BCUT2D eigenvalue weighted by molar-refractivity contribution is 7.80. The summed E-state index contributed by atoms with van der Waals surface area (Å²) in [4.78, 5) is 18.7. The monoisotopic (exact) mass is 515 g/mol. The van der Waals surface area contributed by atoms with Crippen molar-refractivity contribution in [3.05, 3.63) is 108 Å². The van der Waals surface area contributed by atoms with Crippen LogP contribution in [0.15, 0.2) is 85.2 Å². The van der Waals surface area contributed by atoms with Crippen LogP contribution in [0.4, 0.5) is 15.8 Å². The van der Waals surface area contributed by atoms with Gasteiger partial charge in [-0.05, 0) is 91.4 Å². The predicted molar refractivity (Wildman–Crippen MR) is 145 cm³/mol. The number of pyridine rings is 1. The minimum atomic E-state index is -0.290. The van der Waals surface area contributed by atoms with Crippen molar-refractivity contribution in [3.8, 4) is 5.69 Å². The van der Waals surface area contributed by atoms with Crippen molar-refractivity contribution < 1.29 is 13.9 Å². The largest absolute Gasteiger partial charge is 0.375 e. The van der Waals surface area contributed by atoms with Crippen LogP contribution >= 0.6 is 12.2 Å². The lowest BCUT2D eigenvalue weighted by molar-refractivity contribution is -0.119. The lowest BCUT2D eigenvalue weighted by Gasteiger charge is -2.29. The average molecular weight is 516 g/mol. The molecular formula is C28H26FN5O2S. The Kier molecular flexibility index (Phi) is 6.98. The number of hydrogen-bond acceptors (Lipinski definition) is 4. The molecule has 2 aromatic carbocycles. The number of methoxy groups -OCH3 is 1. The minimum absolute atomic E-state index is 0.0183. The number of anilines is 2. The van der Waals surface area contributed by atoms with Crippen LogP contribution in [0.3, 0.4) is 0 Å². The van der Waals surface area contributed by atoms with Gasteiger partial charge in [0.1, 0.15) is 18.5 Å². The molecule has 1 aliphatic rings. The van der Waals surface area contributed by atoms with Gasteiger partial charge in [0.05, 0.1) is 11.7 Å². The van der Waals surface area contributed by atoms with Crippen LogP contribution in [0.5, 0.6) is 0 Å². The molecule has 1 fully saturated rings. The number of carbonyl (C=O) groups is 1. The number of ether oxygens (including phenoxy) is 1. The van der Waals surface area contributed by atoms with Gasteiger partial charge in [0.25, 0.3) is 0 Å². The average Bonchev–Trinajstić information content (AvgIpc) is 3.51. The highest BCUT2D eigenvalue weighted by Gasteiger charge is 2.42. The first-order chi connectivity index (χ1) is 18.0. The van der Waals surface area contributed by atoms with Crippen LogP contribution in [-0.2, 0) is 9.53 Å². The third-order valence-electron chi connectivity index (χ3n) is 6.32. The van der Waals surface area contributed by atoms with Gasteiger partial charge in [0.2, 0.25) is 5.91 Å². The van der Waals surface area contributed by atoms with Gasteiger partial charge in [-0.1, -0.05) is 6.07 Å². The van der Waals surface area contributed by atoms with E-state index < -0.39 is 0 Å². The topological polar surface area (TPSA) is 71.4 Å². The Morgan fingerprint density at radius 2 is 1.89 bits per heavy atom. The van der Waals surface area contributed by atoms with Crippen LogP contribution < -0.4 is 15.5 Å². The summed E-state index contributed by atoms with van der Waals surface area (Å²) < 4.78 is 20.6. The van der Waals surface area contributed by atoms with E-state index in [0.717, 1.165) is 28.3 Å². The van der Waals surface area contributed by atoms with Crippen molar-refractivity contribution in [2.75, 3.05) is 23.9 Å². The van der Waals surface area contributed by atoms with Crippen LogP contribution in [0.1, 0.15) is 29.0 Å². The zero-order chi connectivity index (χ0) is 25.9. The molecule has 2 atom stereocenters. The number of aryl methyl sites for hydroxylation is 1. The summed E-state index contributed by atoms with van der Waals surface area (Å²) in [5.74, 6) is -0.510. The van der Waals surface area contributed by atoms with Crippen molar-refractivity contribution in [1.29, 1.82) is 0 Å². The van der Waals surface area contributed by atoms with Gasteiger partial charge in [0, 0.05) is 42.3 Å². The van der Waals surface area contributed by atoms with Gasteiger partial charge in [-0.25, -0.2) is 4.39 Å². The van der Waals surface area contributed by atoms with Crippen molar-refractivity contribution in [3.63, 3.8) is 0 Å². The van der Waals surface area contributed by atoms with Crippen LogP contribution in [-0.4, -0.2) is 34.3 Å². The Morgan fingerprint density at radius 3 is 2.59 bits per heavy atom. The molecule has 9 heteroatoms. The molecule has 0 saturated carbocycles. The summed E-state index contributed by atoms with van der Waals surface area (Å²) in [6.07, 6.45) is 3.72. The molecule has 1 amide bonds. The second-order valence-corrected chi connectivity index (χ2v) is 9.14. The molecule has 5 rings (SSSR count). The van der Waals surface area contributed by atoms with Crippen molar-refractivity contribution in [2.24, 2.45) is 0 Å². The molecule has 2 N–H and O–H groups in total. The Bertz CT molecular complexity index is 1420. The summed E-state index contributed by atoms with van der Waals surface area (Å²) in [7, 11) is 1.48. The van der Waals surface area contributed by atoms with Crippen LogP contribution in [0, 0.1) is 12.7 Å². The SMILES string of the molecule is COCC(=O)Nc1ccc(N2C(=S)N[C@H](c3ccccn3)[C@@H]2c2cccn2-c2ccc(F)cc2)cc1C. The van der Waals surface area contributed by atoms with E-state index in [2.05, 4.69) is 20.5 Å². The molecule has 188 valence electrons. The summed E-state index contributed by atoms with van der Waals surface area (Å²) in [5, 5.41) is 6.89.